The second kappa shape index (κ2) is 10.7. The van der Waals surface area contributed by atoms with Crippen molar-refractivity contribution in [2.45, 2.75) is 0 Å². The van der Waals surface area contributed by atoms with E-state index in [4.69, 9.17) is 32.2 Å². The van der Waals surface area contributed by atoms with Crippen molar-refractivity contribution in [2.24, 2.45) is 0 Å². The molecule has 0 bridgehead atoms. The molecule has 7 aromatic carbocycles. The van der Waals surface area contributed by atoms with E-state index in [0.29, 0.717) is 11.2 Å². The summed E-state index contributed by atoms with van der Waals surface area (Å²) in [5, 5.41) is -0.414. The molecular formula is C44H26N2OS. The maximum Gasteiger partial charge on any atom is 0.161 e. The first-order valence-corrected chi connectivity index (χ1v) is 15.5. The van der Waals surface area contributed by atoms with Crippen molar-refractivity contribution in [1.82, 2.24) is 9.97 Å². The van der Waals surface area contributed by atoms with Gasteiger partial charge in [0.15, 0.2) is 5.82 Å². The monoisotopic (exact) mass is 647 g/mol. The highest BCUT2D eigenvalue weighted by molar-refractivity contribution is 7.26. The molecule has 0 fully saturated rings. The van der Waals surface area contributed by atoms with E-state index in [1.165, 1.54) is 11.3 Å². The zero-order valence-electron chi connectivity index (χ0n) is 41.4. The Morgan fingerprint density at radius 3 is 2.12 bits per heavy atom. The second-order valence-electron chi connectivity index (χ2n) is 10.8. The molecule has 0 aliphatic rings. The lowest BCUT2D eigenvalue weighted by atomic mass is 9.97. The lowest BCUT2D eigenvalue weighted by Gasteiger charge is -2.08. The lowest BCUT2D eigenvalue weighted by molar-refractivity contribution is 0.669. The Bertz CT molecular complexity index is 3780. The molecule has 0 aliphatic carbocycles. The van der Waals surface area contributed by atoms with Gasteiger partial charge in [-0.25, -0.2) is 9.97 Å². The molecule has 0 saturated carbocycles. The van der Waals surface area contributed by atoms with Gasteiger partial charge >= 0.3 is 0 Å². The van der Waals surface area contributed by atoms with Crippen LogP contribution < -0.4 is 0 Å². The Kier molecular flexibility index (Phi) is 3.40. The van der Waals surface area contributed by atoms with Crippen LogP contribution in [0.2, 0.25) is 0 Å². The van der Waals surface area contributed by atoms with Crippen LogP contribution in [-0.2, 0) is 0 Å². The fourth-order valence-electron chi connectivity index (χ4n) is 5.70. The van der Waals surface area contributed by atoms with E-state index in [2.05, 4.69) is 0 Å². The third kappa shape index (κ3) is 4.34. The minimum absolute atomic E-state index is 0.0505. The molecule has 48 heavy (non-hydrogen) atoms. The minimum atomic E-state index is -0.867. The molecule has 0 spiro atoms. The van der Waals surface area contributed by atoms with Crippen molar-refractivity contribution in [3.05, 3.63) is 157 Å². The van der Waals surface area contributed by atoms with Crippen LogP contribution in [0, 0.1) is 0 Å². The van der Waals surface area contributed by atoms with E-state index < -0.39 is 141 Å². The quantitative estimate of drug-likeness (QED) is 0.191. The highest BCUT2D eigenvalue weighted by atomic mass is 32.1. The van der Waals surface area contributed by atoms with Crippen LogP contribution in [0.1, 0.15) is 23.3 Å². The van der Waals surface area contributed by atoms with Gasteiger partial charge in [-0.15, -0.1) is 11.3 Å². The van der Waals surface area contributed by atoms with Crippen LogP contribution in [0.4, 0.5) is 0 Å². The van der Waals surface area contributed by atoms with Gasteiger partial charge in [0.2, 0.25) is 0 Å². The predicted octanol–water partition coefficient (Wildman–Crippen LogP) is 12.6. The molecule has 0 radical (unpaired) electrons. The van der Waals surface area contributed by atoms with Crippen molar-refractivity contribution in [3.8, 4) is 44.9 Å². The molecule has 3 nitrogen and oxygen atoms in total. The number of hydrogen-bond donors (Lipinski definition) is 0. The topological polar surface area (TPSA) is 38.9 Å². The van der Waals surface area contributed by atoms with Crippen LogP contribution in [0.5, 0.6) is 0 Å². The van der Waals surface area contributed by atoms with Crippen molar-refractivity contribution in [2.75, 3.05) is 0 Å². The summed E-state index contributed by atoms with van der Waals surface area (Å²) in [6, 6.07) is 4.61. The molecule has 0 saturated heterocycles. The van der Waals surface area contributed by atoms with Gasteiger partial charge < -0.3 is 4.42 Å². The first-order chi connectivity index (χ1) is 30.9. The van der Waals surface area contributed by atoms with Crippen LogP contribution in [0.3, 0.4) is 0 Å². The van der Waals surface area contributed by atoms with Crippen LogP contribution in [-0.4, -0.2) is 9.97 Å². The van der Waals surface area contributed by atoms with Crippen molar-refractivity contribution < 1.29 is 27.7 Å². The van der Waals surface area contributed by atoms with Gasteiger partial charge in [-0.2, -0.15) is 0 Å². The Morgan fingerprint density at radius 1 is 0.542 bits per heavy atom. The van der Waals surface area contributed by atoms with Crippen LogP contribution >= 0.6 is 11.3 Å². The summed E-state index contributed by atoms with van der Waals surface area (Å²) < 4.78 is 159. The second-order valence-corrected chi connectivity index (χ2v) is 11.9. The number of benzene rings is 7. The summed E-state index contributed by atoms with van der Waals surface area (Å²) in [6.07, 6.45) is 0. The normalized spacial score (nSPS) is 16.7. The molecule has 0 N–H and O–H groups in total. The molecule has 10 aromatic rings. The largest absolute Gasteiger partial charge is 0.456 e. The Labute approximate surface area is 304 Å². The Morgan fingerprint density at radius 2 is 1.27 bits per heavy atom. The fourth-order valence-corrected chi connectivity index (χ4v) is 6.86. The molecule has 4 heteroatoms. The molecule has 3 aromatic heterocycles. The number of aromatic nitrogens is 2. The maximum atomic E-state index is 9.42. The lowest BCUT2D eigenvalue weighted by Crippen LogP contribution is -1.94. The van der Waals surface area contributed by atoms with E-state index in [1.807, 2.05) is 54.6 Å². The third-order valence-corrected chi connectivity index (χ3v) is 9.11. The molecule has 224 valence electrons. The zero-order valence-corrected chi connectivity index (χ0v) is 25.2. The predicted molar refractivity (Wildman–Crippen MR) is 201 cm³/mol. The zero-order chi connectivity index (χ0) is 46.4. The fraction of sp³-hybridized carbons (Fsp3) is 0. The molecule has 3 heterocycles. The number of fused-ring (bicyclic) bond motifs is 7. The smallest absolute Gasteiger partial charge is 0.161 e. The van der Waals surface area contributed by atoms with Crippen LogP contribution in [0.25, 0.3) is 97.9 Å². The van der Waals surface area contributed by atoms with Gasteiger partial charge in [-0.1, -0.05) is 127 Å². The molecule has 0 unspecified atom stereocenters. The Balaban J connectivity index is 1.26. The Hall–Kier alpha value is -6.10. The summed E-state index contributed by atoms with van der Waals surface area (Å²) >= 11 is 1.47. The number of furan rings is 1. The average molecular weight is 648 g/mol. The summed E-state index contributed by atoms with van der Waals surface area (Å²) in [5.74, 6) is -0.0505. The van der Waals surface area contributed by atoms with E-state index in [1.54, 1.807) is 0 Å². The summed E-state index contributed by atoms with van der Waals surface area (Å²) in [7, 11) is 0. The van der Waals surface area contributed by atoms with Gasteiger partial charge in [0, 0.05) is 32.0 Å². The van der Waals surface area contributed by atoms with Gasteiger partial charge in [0.25, 0.3) is 0 Å². The van der Waals surface area contributed by atoms with Gasteiger partial charge in [0.1, 0.15) is 11.2 Å². The highest BCUT2D eigenvalue weighted by Gasteiger charge is 2.20. The highest BCUT2D eigenvalue weighted by Crippen LogP contribution is 2.42. The minimum Gasteiger partial charge on any atom is -0.456 e. The maximum absolute atomic E-state index is 9.42. The summed E-state index contributed by atoms with van der Waals surface area (Å²) in [5.41, 5.74) is -1.52. The van der Waals surface area contributed by atoms with Crippen molar-refractivity contribution in [3.63, 3.8) is 0 Å². The van der Waals surface area contributed by atoms with Crippen molar-refractivity contribution >= 4 is 64.4 Å². The SMILES string of the molecule is [2H]c1c([2H])c(-c2c([2H])c([2H])c3c([2H])c([2H])c([2H])c([2H])c3c2[2H])c([2H])c([2H])c1-c1c([2H])c([2H])c2c(oc3c([2H])c([2H])c([2H])c(-c4nc(-c5ccccc5)c5sc6ccccc6c5n4)c32)c1[2H]. The number of thiophene rings is 1. The van der Waals surface area contributed by atoms with Crippen molar-refractivity contribution in [1.29, 1.82) is 0 Å². The van der Waals surface area contributed by atoms with Gasteiger partial charge in [-0.3, -0.25) is 0 Å². The van der Waals surface area contributed by atoms with E-state index in [-0.39, 0.29) is 27.7 Å². The summed E-state index contributed by atoms with van der Waals surface area (Å²) in [4.78, 5) is 9.87. The number of hydrogen-bond acceptors (Lipinski definition) is 4. The van der Waals surface area contributed by atoms with E-state index in [9.17, 15) is 5.48 Å². The standard InChI is InChI=1S/C44H26N2OS/c1-2-10-30(11-3-1)41-43-42(35-13-6-7-16-39(35)48-43)46-44(45-41)36-14-8-15-37-40(36)34-24-23-33(26-38(34)47-37)29-19-17-28(18-20-29)32-22-21-27-9-4-5-12-31(27)25-32/h1-26H/i4D,5D,8D,9D,12D,14D,15D,17D,18D,19D,20D,21D,22D,23D,24D,25D,26D. The van der Waals surface area contributed by atoms with E-state index >= 15 is 0 Å². The third-order valence-electron chi connectivity index (χ3n) is 7.94. The van der Waals surface area contributed by atoms with E-state index in [0.717, 1.165) is 20.3 Å². The van der Waals surface area contributed by atoms with Gasteiger partial charge in [-0.05, 0) is 63.3 Å². The van der Waals surface area contributed by atoms with Crippen LogP contribution in [0.15, 0.2) is 162 Å². The first kappa shape index (κ1) is 15.2. The molecule has 0 atom stereocenters. The number of rotatable bonds is 4. The van der Waals surface area contributed by atoms with Gasteiger partial charge in [0.05, 0.1) is 39.2 Å². The first-order valence-electron chi connectivity index (χ1n) is 23.2. The summed E-state index contributed by atoms with van der Waals surface area (Å²) in [6.45, 7) is 0. The number of nitrogens with zero attached hydrogens (tertiary/aromatic N) is 2. The molecular weight excluding hydrogens is 605 g/mol. The molecule has 0 amide bonds. The molecule has 0 aliphatic heterocycles. The average Bonchev–Trinajstić information content (AvgIpc) is 3.89. The molecule has 10 rings (SSSR count).